The topological polar surface area (TPSA) is 26.0 Å². The third-order valence-corrected chi connectivity index (χ3v) is 1.47. The summed E-state index contributed by atoms with van der Waals surface area (Å²) in [6.07, 6.45) is 7.90. The molecule has 0 unspecified atom stereocenters. The van der Waals surface area contributed by atoms with Crippen molar-refractivity contribution in [2.24, 2.45) is 5.73 Å². The Morgan fingerprint density at radius 3 is 2.50 bits per heavy atom. The molecule has 0 fully saturated rings. The molecule has 1 heteroatoms. The molecule has 0 heterocycles. The second-order valence-electron chi connectivity index (χ2n) is 2.43. The van der Waals surface area contributed by atoms with Crippen molar-refractivity contribution in [2.45, 2.75) is 0 Å². The van der Waals surface area contributed by atoms with Crippen LogP contribution in [0, 0.1) is 0 Å². The lowest BCUT2D eigenvalue weighted by Gasteiger charge is -1.88. The van der Waals surface area contributed by atoms with E-state index >= 15 is 0 Å². The van der Waals surface area contributed by atoms with Gasteiger partial charge in [-0.2, -0.15) is 0 Å². The van der Waals surface area contributed by atoms with E-state index in [0.29, 0.717) is 6.54 Å². The smallest absolute Gasteiger partial charge is 0.0109 e. The van der Waals surface area contributed by atoms with Gasteiger partial charge >= 0.3 is 0 Å². The fourth-order valence-electron chi connectivity index (χ4n) is 0.888. The number of hydrogen-bond acceptors (Lipinski definition) is 1. The average molecular weight is 159 g/mol. The highest BCUT2D eigenvalue weighted by atomic mass is 14.5. The first-order valence-electron chi connectivity index (χ1n) is 4.02. The molecule has 0 saturated heterocycles. The van der Waals surface area contributed by atoms with Crippen molar-refractivity contribution in [3.05, 3.63) is 54.1 Å². The van der Waals surface area contributed by atoms with Crippen LogP contribution in [0.3, 0.4) is 0 Å². The molecular weight excluding hydrogens is 146 g/mol. The zero-order valence-corrected chi connectivity index (χ0v) is 6.98. The number of allylic oxidation sites excluding steroid dienone is 2. The van der Waals surface area contributed by atoms with Gasteiger partial charge in [0, 0.05) is 6.54 Å². The molecule has 0 bridgehead atoms. The minimum atomic E-state index is 0.596. The van der Waals surface area contributed by atoms with Gasteiger partial charge in [0.25, 0.3) is 0 Å². The van der Waals surface area contributed by atoms with Gasteiger partial charge in [-0.1, -0.05) is 54.6 Å². The van der Waals surface area contributed by atoms with Gasteiger partial charge in [-0.15, -0.1) is 0 Å². The Morgan fingerprint density at radius 2 is 1.83 bits per heavy atom. The van der Waals surface area contributed by atoms with Gasteiger partial charge in [-0.25, -0.2) is 0 Å². The van der Waals surface area contributed by atoms with Gasteiger partial charge in [0.2, 0.25) is 0 Å². The lowest BCUT2D eigenvalue weighted by molar-refractivity contribution is 1.25. The van der Waals surface area contributed by atoms with E-state index in [0.717, 1.165) is 0 Å². The van der Waals surface area contributed by atoms with E-state index in [2.05, 4.69) is 12.1 Å². The van der Waals surface area contributed by atoms with Crippen molar-refractivity contribution >= 4 is 6.08 Å². The van der Waals surface area contributed by atoms with Crippen molar-refractivity contribution in [3.8, 4) is 0 Å². The molecule has 0 aliphatic rings. The lowest BCUT2D eigenvalue weighted by Crippen LogP contribution is -1.91. The van der Waals surface area contributed by atoms with Gasteiger partial charge in [-0.05, 0) is 5.56 Å². The highest BCUT2D eigenvalue weighted by Crippen LogP contribution is 2.00. The van der Waals surface area contributed by atoms with Gasteiger partial charge < -0.3 is 5.73 Å². The molecule has 1 aromatic carbocycles. The normalized spacial score (nSPS) is 11.4. The summed E-state index contributed by atoms with van der Waals surface area (Å²) < 4.78 is 0. The number of benzene rings is 1. The third-order valence-electron chi connectivity index (χ3n) is 1.47. The number of hydrogen-bond donors (Lipinski definition) is 1. The zero-order chi connectivity index (χ0) is 8.65. The highest BCUT2D eigenvalue weighted by molar-refractivity contribution is 5.50. The third kappa shape index (κ3) is 3.17. The predicted octanol–water partition coefficient (Wildman–Crippen LogP) is 2.21. The maximum absolute atomic E-state index is 5.29. The predicted molar refractivity (Wildman–Crippen MR) is 53.7 cm³/mol. The highest BCUT2D eigenvalue weighted by Gasteiger charge is 1.78. The minimum absolute atomic E-state index is 0.596. The second kappa shape index (κ2) is 5.33. The van der Waals surface area contributed by atoms with Crippen LogP contribution >= 0.6 is 0 Å². The summed E-state index contributed by atoms with van der Waals surface area (Å²) in [5.74, 6) is 0. The minimum Gasteiger partial charge on any atom is -0.327 e. The Labute approximate surface area is 73.2 Å². The first-order valence-corrected chi connectivity index (χ1v) is 4.02. The van der Waals surface area contributed by atoms with Crippen molar-refractivity contribution < 1.29 is 0 Å². The van der Waals surface area contributed by atoms with Crippen LogP contribution in [0.5, 0.6) is 0 Å². The number of rotatable bonds is 3. The van der Waals surface area contributed by atoms with Crippen molar-refractivity contribution in [2.75, 3.05) is 6.54 Å². The first-order chi connectivity index (χ1) is 5.93. The second-order valence-corrected chi connectivity index (χ2v) is 2.43. The molecule has 62 valence electrons. The Morgan fingerprint density at radius 1 is 1.08 bits per heavy atom. The fourth-order valence-corrected chi connectivity index (χ4v) is 0.888. The fraction of sp³-hybridized carbons (Fsp3) is 0.0909. The Bertz CT molecular complexity index is 260. The standard InChI is InChI=1S/C11H13N/c12-10-6-2-5-9-11-7-3-1-4-8-11/h1-9H,10,12H2/b6-2+,9-5+. The van der Waals surface area contributed by atoms with Crippen molar-refractivity contribution in [3.63, 3.8) is 0 Å². The average Bonchev–Trinajstić information content (AvgIpc) is 2.14. The molecule has 1 nitrogen and oxygen atoms in total. The van der Waals surface area contributed by atoms with Crippen molar-refractivity contribution in [1.29, 1.82) is 0 Å². The Balaban J connectivity index is 2.52. The van der Waals surface area contributed by atoms with E-state index in [-0.39, 0.29) is 0 Å². The molecular formula is C11H13N. The van der Waals surface area contributed by atoms with E-state index in [4.69, 9.17) is 5.73 Å². The van der Waals surface area contributed by atoms with Crippen LogP contribution in [-0.2, 0) is 0 Å². The van der Waals surface area contributed by atoms with Crippen molar-refractivity contribution in [1.82, 2.24) is 0 Å². The largest absolute Gasteiger partial charge is 0.327 e. The zero-order valence-electron chi connectivity index (χ0n) is 6.98. The molecule has 0 saturated carbocycles. The first kappa shape index (κ1) is 8.75. The van der Waals surface area contributed by atoms with E-state index in [9.17, 15) is 0 Å². The summed E-state index contributed by atoms with van der Waals surface area (Å²) in [5, 5.41) is 0. The van der Waals surface area contributed by atoms with Crippen LogP contribution in [0.15, 0.2) is 48.6 Å². The summed E-state index contributed by atoms with van der Waals surface area (Å²) in [7, 11) is 0. The molecule has 2 N–H and O–H groups in total. The quantitative estimate of drug-likeness (QED) is 0.672. The summed E-state index contributed by atoms with van der Waals surface area (Å²) in [6, 6.07) is 10.2. The van der Waals surface area contributed by atoms with Gasteiger partial charge in [0.15, 0.2) is 0 Å². The van der Waals surface area contributed by atoms with Crippen LogP contribution < -0.4 is 5.73 Å². The van der Waals surface area contributed by atoms with Gasteiger partial charge in [0.05, 0.1) is 0 Å². The van der Waals surface area contributed by atoms with Crippen LogP contribution in [-0.4, -0.2) is 6.54 Å². The van der Waals surface area contributed by atoms with Crippen LogP contribution in [0.25, 0.3) is 6.08 Å². The van der Waals surface area contributed by atoms with Gasteiger partial charge in [-0.3, -0.25) is 0 Å². The van der Waals surface area contributed by atoms with Gasteiger partial charge in [0.1, 0.15) is 0 Å². The monoisotopic (exact) mass is 159 g/mol. The Kier molecular flexibility index (Phi) is 3.89. The molecule has 0 aliphatic heterocycles. The SMILES string of the molecule is NC/C=C/C=C/c1ccccc1. The molecule has 1 rings (SSSR count). The molecule has 0 aliphatic carbocycles. The molecule has 0 amide bonds. The maximum atomic E-state index is 5.29. The molecule has 0 atom stereocenters. The van der Waals surface area contributed by atoms with E-state index in [1.807, 2.05) is 42.5 Å². The molecule has 12 heavy (non-hydrogen) atoms. The van der Waals surface area contributed by atoms with E-state index < -0.39 is 0 Å². The van der Waals surface area contributed by atoms with E-state index in [1.54, 1.807) is 0 Å². The molecule has 1 aromatic rings. The van der Waals surface area contributed by atoms with Crippen LogP contribution in [0.1, 0.15) is 5.56 Å². The summed E-state index contributed by atoms with van der Waals surface area (Å²) in [5.41, 5.74) is 6.49. The lowest BCUT2D eigenvalue weighted by atomic mass is 10.2. The maximum Gasteiger partial charge on any atom is 0.0109 e. The van der Waals surface area contributed by atoms with E-state index in [1.165, 1.54) is 5.56 Å². The number of nitrogens with two attached hydrogens (primary N) is 1. The molecule has 0 spiro atoms. The summed E-state index contributed by atoms with van der Waals surface area (Å²) in [6.45, 7) is 0.596. The molecule has 0 aromatic heterocycles. The van der Waals surface area contributed by atoms with Crippen LogP contribution in [0.2, 0.25) is 0 Å². The Hall–Kier alpha value is -1.34. The summed E-state index contributed by atoms with van der Waals surface area (Å²) >= 11 is 0. The molecule has 0 radical (unpaired) electrons. The summed E-state index contributed by atoms with van der Waals surface area (Å²) in [4.78, 5) is 0. The van der Waals surface area contributed by atoms with Crippen LogP contribution in [0.4, 0.5) is 0 Å².